The summed E-state index contributed by atoms with van der Waals surface area (Å²) in [5.41, 5.74) is 0. The normalized spacial score (nSPS) is 13.9. The summed E-state index contributed by atoms with van der Waals surface area (Å²) in [6.07, 6.45) is 69.7. The van der Waals surface area contributed by atoms with Gasteiger partial charge in [-0.05, 0) is 51.0 Å². The fourth-order valence-electron chi connectivity index (χ4n) is 9.59. The Morgan fingerprint density at radius 1 is 0.474 bits per heavy atom. The number of hydrogen-bond acceptors (Lipinski definition) is 6. The topological polar surface area (TPSA) is 111 Å². The summed E-state index contributed by atoms with van der Waals surface area (Å²) < 4.78 is 30.7. The van der Waals surface area contributed by atoms with E-state index in [0.717, 1.165) is 77.0 Å². The van der Waals surface area contributed by atoms with Gasteiger partial charge in [0.1, 0.15) is 19.3 Å². The number of allylic oxidation sites excluding steroid dienone is 7. The molecule has 0 saturated heterocycles. The van der Waals surface area contributed by atoms with Crippen molar-refractivity contribution in [3.05, 3.63) is 48.6 Å². The minimum Gasteiger partial charge on any atom is -0.456 e. The van der Waals surface area contributed by atoms with Gasteiger partial charge < -0.3 is 19.4 Å². The number of ether oxygens (including phenoxy) is 1. The highest BCUT2D eigenvalue weighted by atomic mass is 31.2. The summed E-state index contributed by atoms with van der Waals surface area (Å²) in [5, 5.41) is 3.06. The third-order valence-electron chi connectivity index (χ3n) is 14.6. The van der Waals surface area contributed by atoms with Crippen LogP contribution in [0.2, 0.25) is 0 Å². The van der Waals surface area contributed by atoms with Crippen molar-refractivity contribution in [3.8, 4) is 0 Å². The van der Waals surface area contributed by atoms with Gasteiger partial charge in [-0.25, -0.2) is 4.57 Å². The number of carbonyl (C=O) groups excluding carboxylic acids is 2. The Bertz CT molecular complexity index is 1440. The van der Waals surface area contributed by atoms with Crippen molar-refractivity contribution in [3.63, 3.8) is 0 Å². The van der Waals surface area contributed by atoms with Crippen molar-refractivity contribution in [2.75, 3.05) is 40.9 Å². The quantitative estimate of drug-likeness (QED) is 0.0156. The summed E-state index contributed by atoms with van der Waals surface area (Å²) in [4.78, 5) is 37.7. The Morgan fingerprint density at radius 2 is 0.842 bits per heavy atom. The molecule has 0 heterocycles. The molecule has 0 fully saturated rings. The molecule has 0 aliphatic heterocycles. The maximum Gasteiger partial charge on any atom is 0.472 e. The van der Waals surface area contributed by atoms with Crippen LogP contribution < -0.4 is 5.32 Å². The summed E-state index contributed by atoms with van der Waals surface area (Å²) >= 11 is 0. The number of quaternary nitrogens is 1. The number of unbranched alkanes of at least 4 members (excludes halogenated alkanes) is 39. The van der Waals surface area contributed by atoms with Gasteiger partial charge in [0.25, 0.3) is 0 Å². The second-order valence-corrected chi connectivity index (χ2v) is 24.8. The second-order valence-electron chi connectivity index (χ2n) is 23.3. The highest BCUT2D eigenvalue weighted by Gasteiger charge is 2.30. The number of likely N-dealkylation sites (N-methyl/N-ethyl adjacent to an activating group) is 1. The molecule has 0 radical (unpaired) electrons. The number of hydrogen-bond donors (Lipinski definition) is 2. The van der Waals surface area contributed by atoms with E-state index in [-0.39, 0.29) is 31.5 Å². The van der Waals surface area contributed by atoms with Gasteiger partial charge in [-0.3, -0.25) is 18.6 Å². The number of nitrogens with one attached hydrogen (secondary N) is 1. The zero-order chi connectivity index (χ0) is 55.7. The number of nitrogens with zero attached hydrogens (tertiary/aromatic N) is 1. The number of phosphoric acid groups is 1. The molecule has 0 spiro atoms. The highest BCUT2D eigenvalue weighted by molar-refractivity contribution is 7.47. The van der Waals surface area contributed by atoms with Crippen LogP contribution >= 0.6 is 7.82 Å². The average Bonchev–Trinajstić information content (AvgIpc) is 3.38. The van der Waals surface area contributed by atoms with Crippen LogP contribution in [0.5, 0.6) is 0 Å². The van der Waals surface area contributed by atoms with Crippen LogP contribution in [0.15, 0.2) is 48.6 Å². The minimum atomic E-state index is -4.45. The van der Waals surface area contributed by atoms with Gasteiger partial charge in [0, 0.05) is 12.8 Å². The Labute approximate surface area is 471 Å². The van der Waals surface area contributed by atoms with Crippen LogP contribution in [0.25, 0.3) is 0 Å². The first-order valence-corrected chi connectivity index (χ1v) is 34.0. The van der Waals surface area contributed by atoms with Crippen molar-refractivity contribution < 1.29 is 37.3 Å². The van der Waals surface area contributed by atoms with Gasteiger partial charge in [0.2, 0.25) is 5.91 Å². The Hall–Kier alpha value is -2.03. The van der Waals surface area contributed by atoms with E-state index >= 15 is 0 Å². The van der Waals surface area contributed by atoms with Crippen molar-refractivity contribution in [1.29, 1.82) is 0 Å². The minimum absolute atomic E-state index is 0.0393. The maximum absolute atomic E-state index is 13.6. The number of phosphoric ester groups is 1. The second kappa shape index (κ2) is 56.3. The lowest BCUT2D eigenvalue weighted by Gasteiger charge is -2.27. The Kier molecular flexibility index (Phi) is 54.7. The van der Waals surface area contributed by atoms with Gasteiger partial charge in [0.05, 0.1) is 33.8 Å². The molecule has 9 nitrogen and oxygen atoms in total. The van der Waals surface area contributed by atoms with E-state index in [1.54, 1.807) is 0 Å². The summed E-state index contributed by atoms with van der Waals surface area (Å²) in [7, 11) is 1.50. The molecule has 0 rings (SSSR count). The van der Waals surface area contributed by atoms with Crippen molar-refractivity contribution in [1.82, 2.24) is 5.32 Å². The van der Waals surface area contributed by atoms with Gasteiger partial charge in [-0.15, -0.1) is 0 Å². The van der Waals surface area contributed by atoms with Crippen molar-refractivity contribution >= 4 is 19.7 Å². The molecule has 0 aromatic heterocycles. The van der Waals surface area contributed by atoms with Crippen LogP contribution in [0.1, 0.15) is 310 Å². The molecule has 0 aliphatic rings. The third-order valence-corrected chi connectivity index (χ3v) is 15.6. The molecule has 0 aromatic rings. The Balaban J connectivity index is 5.11. The Morgan fingerprint density at radius 3 is 1.25 bits per heavy atom. The van der Waals surface area contributed by atoms with Gasteiger partial charge in [-0.2, -0.15) is 0 Å². The number of amides is 1. The van der Waals surface area contributed by atoms with Crippen LogP contribution in [0, 0.1) is 0 Å². The summed E-state index contributed by atoms with van der Waals surface area (Å²) in [6, 6.07) is -0.851. The number of esters is 1. The largest absolute Gasteiger partial charge is 0.472 e. The van der Waals surface area contributed by atoms with Gasteiger partial charge in [-0.1, -0.05) is 294 Å². The zero-order valence-corrected chi connectivity index (χ0v) is 51.9. The van der Waals surface area contributed by atoms with Crippen molar-refractivity contribution in [2.24, 2.45) is 0 Å². The van der Waals surface area contributed by atoms with E-state index in [1.807, 2.05) is 33.3 Å². The average molecular weight is 1090 g/mol. The predicted molar refractivity (Wildman–Crippen MR) is 328 cm³/mol. The molecule has 2 N–H and O–H groups in total. The molecule has 0 aliphatic carbocycles. The fraction of sp³-hybridized carbons (Fsp3) is 0.848. The molecule has 446 valence electrons. The third kappa shape index (κ3) is 56.7. The molecular formula is C66H126N2O7P+. The number of rotatable bonds is 59. The van der Waals surface area contributed by atoms with E-state index in [2.05, 4.69) is 62.5 Å². The molecule has 0 aromatic carbocycles. The van der Waals surface area contributed by atoms with Crippen LogP contribution in [-0.2, 0) is 27.9 Å². The monoisotopic (exact) mass is 1090 g/mol. The predicted octanol–water partition coefficient (Wildman–Crippen LogP) is 20.1. The molecule has 76 heavy (non-hydrogen) atoms. The lowest BCUT2D eigenvalue weighted by atomic mass is 10.0. The van der Waals surface area contributed by atoms with Crippen LogP contribution in [0.4, 0.5) is 0 Å². The molecule has 3 atom stereocenters. The summed E-state index contributed by atoms with van der Waals surface area (Å²) in [5.74, 6) is -0.507. The molecule has 0 bridgehead atoms. The molecule has 3 unspecified atom stereocenters. The zero-order valence-electron chi connectivity index (χ0n) is 51.0. The number of carbonyl (C=O) groups is 2. The molecule has 10 heteroatoms. The highest BCUT2D eigenvalue weighted by Crippen LogP contribution is 2.43. The molecular weight excluding hydrogens is 964 g/mol. The fourth-order valence-corrected chi connectivity index (χ4v) is 10.3. The van der Waals surface area contributed by atoms with E-state index in [0.29, 0.717) is 17.4 Å². The smallest absolute Gasteiger partial charge is 0.456 e. The first-order valence-electron chi connectivity index (χ1n) is 32.5. The van der Waals surface area contributed by atoms with Crippen LogP contribution in [0.3, 0.4) is 0 Å². The summed E-state index contributed by atoms with van der Waals surface area (Å²) in [6.45, 7) is 6.91. The first-order chi connectivity index (χ1) is 36.9. The van der Waals surface area contributed by atoms with E-state index in [1.165, 1.54) is 199 Å². The standard InChI is InChI=1S/C66H125N2O7P/c1-7-10-13-16-19-22-25-28-30-31-32-33-34-35-36-37-39-40-43-46-49-52-55-58-65(69)67-63(62-74-76(71,72)73-61-60-68(4,5)6)64(57-54-51-48-45-42-27-24-21-18-15-12-9-3)75-66(70)59-56-53-50-47-44-41-38-29-26-23-20-17-14-11-8-2/h11,14,17,20,23,26,54,57,63-64H,7-10,12-13,15-16,18-19,21-22,24-25,27-53,55-56,58-62H2,1-6H3,(H-,67,69,71,72)/p+1/b14-11+,20-17+,26-23+,57-54-. The van der Waals surface area contributed by atoms with Gasteiger partial charge in [0.15, 0.2) is 0 Å². The maximum atomic E-state index is 13.6. The molecule has 0 saturated carbocycles. The van der Waals surface area contributed by atoms with Crippen molar-refractivity contribution in [2.45, 2.75) is 322 Å². The SMILES string of the molecule is CC/C=C/C=C/C=C/CCCCCCCCCC(=O)OC(/C=C\CCCCCCCCCCCC)C(COP(=O)(O)OCC[N+](C)(C)C)NC(=O)CCCCCCCCCCCCCCCCCCCCCCCCC. The first kappa shape index (κ1) is 74.0. The lowest BCUT2D eigenvalue weighted by Crippen LogP contribution is -2.47. The van der Waals surface area contributed by atoms with E-state index in [4.69, 9.17) is 13.8 Å². The van der Waals surface area contributed by atoms with Gasteiger partial charge >= 0.3 is 13.8 Å². The van der Waals surface area contributed by atoms with Crippen LogP contribution in [-0.4, -0.2) is 74.3 Å². The van der Waals surface area contributed by atoms with E-state index < -0.39 is 20.0 Å². The molecule has 1 amide bonds. The lowest BCUT2D eigenvalue weighted by molar-refractivity contribution is -0.870. The van der Waals surface area contributed by atoms with E-state index in [9.17, 15) is 19.0 Å².